The number of thioether (sulfide) groups is 1. The number of imide groups is 1. The van der Waals surface area contributed by atoms with E-state index in [2.05, 4.69) is 27.9 Å². The van der Waals surface area contributed by atoms with E-state index in [9.17, 15) is 14.4 Å². The molecule has 9 nitrogen and oxygen atoms in total. The molecule has 3 aromatic rings. The molecular weight excluding hydrogens is 671 g/mol. The fraction of sp³-hybridized carbons (Fsp3) is 0.179. The third kappa shape index (κ3) is 6.48. The number of ether oxygens (including phenoxy) is 4. The molecule has 206 valence electrons. The number of fused-ring (bicyclic) bond motifs is 1. The molecule has 0 bridgehead atoms. The van der Waals surface area contributed by atoms with Gasteiger partial charge in [-0.1, -0.05) is 23.7 Å². The van der Waals surface area contributed by atoms with Gasteiger partial charge in [0.1, 0.15) is 13.2 Å². The Kier molecular flexibility index (Phi) is 8.72. The van der Waals surface area contributed by atoms with Crippen LogP contribution in [0.15, 0.2) is 59.5 Å². The molecule has 0 saturated carbocycles. The summed E-state index contributed by atoms with van der Waals surface area (Å²) < 4.78 is 23.2. The smallest absolute Gasteiger partial charge is 0.294 e. The summed E-state index contributed by atoms with van der Waals surface area (Å²) in [5.41, 5.74) is 2.07. The average molecular weight is 693 g/mol. The molecule has 0 radical (unpaired) electrons. The predicted octanol–water partition coefficient (Wildman–Crippen LogP) is 6.33. The fourth-order valence-corrected chi connectivity index (χ4v) is 5.66. The Hall–Kier alpha value is -3.42. The van der Waals surface area contributed by atoms with Crippen molar-refractivity contribution < 1.29 is 33.3 Å². The molecule has 0 aromatic heterocycles. The summed E-state index contributed by atoms with van der Waals surface area (Å²) in [4.78, 5) is 39.4. The van der Waals surface area contributed by atoms with Crippen LogP contribution in [0.25, 0.3) is 6.08 Å². The Morgan fingerprint density at radius 3 is 2.65 bits per heavy atom. The van der Waals surface area contributed by atoms with Gasteiger partial charge in [0, 0.05) is 16.8 Å². The number of carbonyl (C=O) groups is 3. The van der Waals surface area contributed by atoms with E-state index in [4.69, 9.17) is 30.5 Å². The summed E-state index contributed by atoms with van der Waals surface area (Å²) in [5, 5.41) is 2.80. The fourth-order valence-electron chi connectivity index (χ4n) is 3.92. The highest BCUT2D eigenvalue weighted by Gasteiger charge is 2.36. The van der Waals surface area contributed by atoms with E-state index in [1.165, 1.54) is 0 Å². The molecule has 3 amide bonds. The maximum absolute atomic E-state index is 13.0. The van der Waals surface area contributed by atoms with Crippen molar-refractivity contribution in [3.05, 3.63) is 79.2 Å². The SMILES string of the molecule is CCOc1cc(/C=C2/SC(=O)N(CC(=O)Nc3ccc4c(c3)OCO4)C2=O)cc(I)c1OCc1ccc(Cl)cc1. The third-order valence-electron chi connectivity index (χ3n) is 5.76. The molecule has 2 aliphatic rings. The average Bonchev–Trinajstić information content (AvgIpc) is 3.49. The minimum absolute atomic E-state index is 0.111. The zero-order valence-electron chi connectivity index (χ0n) is 21.1. The minimum atomic E-state index is -0.549. The lowest BCUT2D eigenvalue weighted by Gasteiger charge is -2.15. The summed E-state index contributed by atoms with van der Waals surface area (Å²) in [6.07, 6.45) is 1.61. The number of halogens is 2. The summed E-state index contributed by atoms with van der Waals surface area (Å²) >= 11 is 8.88. The van der Waals surface area contributed by atoms with Gasteiger partial charge in [0.25, 0.3) is 11.1 Å². The maximum atomic E-state index is 13.0. The number of benzene rings is 3. The second-order valence-electron chi connectivity index (χ2n) is 8.56. The van der Waals surface area contributed by atoms with E-state index in [1.807, 2.05) is 25.1 Å². The number of nitrogens with zero attached hydrogens (tertiary/aromatic N) is 1. The molecule has 5 rings (SSSR count). The number of amides is 3. The normalized spacial score (nSPS) is 15.1. The quantitative estimate of drug-likeness (QED) is 0.205. The molecule has 0 unspecified atom stereocenters. The first-order valence-electron chi connectivity index (χ1n) is 12.1. The Morgan fingerprint density at radius 1 is 1.10 bits per heavy atom. The Balaban J connectivity index is 1.28. The highest BCUT2D eigenvalue weighted by atomic mass is 127. The molecule has 2 aliphatic heterocycles. The summed E-state index contributed by atoms with van der Waals surface area (Å²) in [7, 11) is 0. The molecule has 0 atom stereocenters. The first-order chi connectivity index (χ1) is 19.3. The van der Waals surface area contributed by atoms with E-state index < -0.39 is 23.6 Å². The highest BCUT2D eigenvalue weighted by molar-refractivity contribution is 14.1. The molecule has 1 N–H and O–H groups in total. The predicted molar refractivity (Wildman–Crippen MR) is 160 cm³/mol. The van der Waals surface area contributed by atoms with Crippen molar-refractivity contribution in [2.24, 2.45) is 0 Å². The molecule has 0 spiro atoms. The van der Waals surface area contributed by atoms with Gasteiger partial charge in [-0.25, -0.2) is 0 Å². The van der Waals surface area contributed by atoms with Gasteiger partial charge in [-0.3, -0.25) is 19.3 Å². The lowest BCUT2D eigenvalue weighted by atomic mass is 10.1. The van der Waals surface area contributed by atoms with Crippen LogP contribution in [0.4, 0.5) is 10.5 Å². The van der Waals surface area contributed by atoms with Crippen molar-refractivity contribution in [1.82, 2.24) is 4.90 Å². The Morgan fingerprint density at radius 2 is 1.88 bits per heavy atom. The number of nitrogens with one attached hydrogen (secondary N) is 1. The van der Waals surface area contributed by atoms with Gasteiger partial charge < -0.3 is 24.3 Å². The molecule has 2 heterocycles. The van der Waals surface area contributed by atoms with Gasteiger partial charge in [0.2, 0.25) is 12.7 Å². The standard InChI is InChI=1S/C28H22ClIN2O7S/c1-2-36-23-10-17(9-20(30)26(23)37-14-16-3-5-18(29)6-4-16)11-24-27(34)32(28(35)40-24)13-25(33)31-19-7-8-21-22(12-19)39-15-38-21/h3-12H,2,13-15H2,1H3,(H,31,33)/b24-11+. The number of carbonyl (C=O) groups excluding carboxylic acids is 3. The lowest BCUT2D eigenvalue weighted by Crippen LogP contribution is -2.36. The number of anilines is 1. The van der Waals surface area contributed by atoms with Gasteiger partial charge in [0.05, 0.1) is 15.1 Å². The molecule has 1 saturated heterocycles. The second kappa shape index (κ2) is 12.4. The van der Waals surface area contributed by atoms with Crippen LogP contribution >= 0.6 is 46.0 Å². The topological polar surface area (TPSA) is 103 Å². The number of rotatable bonds is 9. The van der Waals surface area contributed by atoms with Crippen LogP contribution in [0.3, 0.4) is 0 Å². The van der Waals surface area contributed by atoms with Crippen LogP contribution in [0.2, 0.25) is 5.02 Å². The van der Waals surface area contributed by atoms with E-state index in [1.54, 1.807) is 42.5 Å². The van der Waals surface area contributed by atoms with E-state index >= 15 is 0 Å². The summed E-state index contributed by atoms with van der Waals surface area (Å²) in [6, 6.07) is 15.9. The van der Waals surface area contributed by atoms with Gasteiger partial charge in [-0.05, 0) is 94.9 Å². The van der Waals surface area contributed by atoms with Crippen molar-refractivity contribution in [1.29, 1.82) is 0 Å². The zero-order chi connectivity index (χ0) is 28.2. The Bertz CT molecular complexity index is 1510. The molecule has 1 fully saturated rings. The minimum Gasteiger partial charge on any atom is -0.490 e. The van der Waals surface area contributed by atoms with Crippen LogP contribution in [-0.4, -0.2) is 41.9 Å². The summed E-state index contributed by atoms with van der Waals surface area (Å²) in [6.45, 7) is 2.28. The van der Waals surface area contributed by atoms with Crippen LogP contribution in [0.1, 0.15) is 18.1 Å². The largest absolute Gasteiger partial charge is 0.490 e. The van der Waals surface area contributed by atoms with Gasteiger partial charge >= 0.3 is 0 Å². The monoisotopic (exact) mass is 692 g/mol. The van der Waals surface area contributed by atoms with Crippen molar-refractivity contribution in [2.75, 3.05) is 25.3 Å². The van der Waals surface area contributed by atoms with E-state index in [-0.39, 0.29) is 11.7 Å². The number of hydrogen-bond donors (Lipinski definition) is 1. The first-order valence-corrected chi connectivity index (χ1v) is 14.4. The maximum Gasteiger partial charge on any atom is 0.294 e. The lowest BCUT2D eigenvalue weighted by molar-refractivity contribution is -0.127. The first kappa shape index (κ1) is 28.1. The van der Waals surface area contributed by atoms with Crippen molar-refractivity contribution in [2.45, 2.75) is 13.5 Å². The van der Waals surface area contributed by atoms with Crippen molar-refractivity contribution >= 4 is 74.8 Å². The van der Waals surface area contributed by atoms with Gasteiger partial charge in [0.15, 0.2) is 23.0 Å². The Labute approximate surface area is 252 Å². The summed E-state index contributed by atoms with van der Waals surface area (Å²) in [5.74, 6) is 1.11. The molecular formula is C28H22ClIN2O7S. The van der Waals surface area contributed by atoms with E-state index in [0.29, 0.717) is 52.5 Å². The molecule has 3 aromatic carbocycles. The second-order valence-corrected chi connectivity index (χ2v) is 11.2. The molecule has 12 heteroatoms. The van der Waals surface area contributed by atoms with Crippen LogP contribution in [0.5, 0.6) is 23.0 Å². The van der Waals surface area contributed by atoms with Gasteiger partial charge in [-0.2, -0.15) is 0 Å². The van der Waals surface area contributed by atoms with Crippen LogP contribution in [-0.2, 0) is 16.2 Å². The molecule has 40 heavy (non-hydrogen) atoms. The highest BCUT2D eigenvalue weighted by Crippen LogP contribution is 2.38. The van der Waals surface area contributed by atoms with Crippen LogP contribution in [0, 0.1) is 3.57 Å². The zero-order valence-corrected chi connectivity index (χ0v) is 24.8. The van der Waals surface area contributed by atoms with Crippen molar-refractivity contribution in [3.8, 4) is 23.0 Å². The number of hydrogen-bond acceptors (Lipinski definition) is 8. The molecule has 0 aliphatic carbocycles. The van der Waals surface area contributed by atoms with Gasteiger partial charge in [-0.15, -0.1) is 0 Å². The van der Waals surface area contributed by atoms with E-state index in [0.717, 1.165) is 25.8 Å². The van der Waals surface area contributed by atoms with Crippen LogP contribution < -0.4 is 24.3 Å². The van der Waals surface area contributed by atoms with Crippen molar-refractivity contribution in [3.63, 3.8) is 0 Å². The third-order valence-corrected chi connectivity index (χ3v) is 7.72.